The average molecular weight is 354 g/mol. The first-order chi connectivity index (χ1) is 12.7. The minimum atomic E-state index is -0.163. The number of rotatable bonds is 5. The molecule has 0 radical (unpaired) electrons. The lowest BCUT2D eigenvalue weighted by Gasteiger charge is -2.26. The number of imidazole rings is 2. The predicted molar refractivity (Wildman–Crippen MR) is 97.0 cm³/mol. The number of hydrogen-bond acceptors (Lipinski definition) is 5. The highest BCUT2D eigenvalue weighted by molar-refractivity contribution is 5.99. The molecular weight excluding hydrogens is 332 g/mol. The minimum absolute atomic E-state index is 0.163. The molecule has 8 nitrogen and oxygen atoms in total. The lowest BCUT2D eigenvalue weighted by Crippen LogP contribution is -2.41. The van der Waals surface area contributed by atoms with Crippen molar-refractivity contribution in [1.29, 1.82) is 0 Å². The Morgan fingerprint density at radius 3 is 2.92 bits per heavy atom. The highest BCUT2D eigenvalue weighted by atomic mass is 16.5. The van der Waals surface area contributed by atoms with Gasteiger partial charge in [0.2, 0.25) is 0 Å². The van der Waals surface area contributed by atoms with Gasteiger partial charge in [0, 0.05) is 45.6 Å². The van der Waals surface area contributed by atoms with E-state index in [9.17, 15) is 4.79 Å². The fraction of sp³-hybridized carbons (Fsp3) is 0.389. The van der Waals surface area contributed by atoms with Crippen LogP contribution in [-0.2, 0) is 11.8 Å². The summed E-state index contributed by atoms with van der Waals surface area (Å²) in [4.78, 5) is 23.9. The van der Waals surface area contributed by atoms with E-state index in [0.717, 1.165) is 44.1 Å². The van der Waals surface area contributed by atoms with Crippen LogP contribution in [0.25, 0.3) is 17.0 Å². The molecule has 1 N–H and O–H groups in total. The van der Waals surface area contributed by atoms with Gasteiger partial charge < -0.3 is 14.6 Å². The second kappa shape index (κ2) is 7.27. The molecule has 136 valence electrons. The molecule has 1 amide bonds. The summed E-state index contributed by atoms with van der Waals surface area (Å²) in [5.41, 5.74) is 1.94. The first-order valence-electron chi connectivity index (χ1n) is 8.76. The number of carbonyl (C=O) groups excluding carboxylic acids is 1. The van der Waals surface area contributed by atoms with Gasteiger partial charge in [-0.05, 0) is 12.1 Å². The topological polar surface area (TPSA) is 76.7 Å². The van der Waals surface area contributed by atoms with Gasteiger partial charge in [0.1, 0.15) is 5.69 Å². The summed E-state index contributed by atoms with van der Waals surface area (Å²) in [5, 5.41) is 2.99. The fourth-order valence-corrected chi connectivity index (χ4v) is 3.15. The number of fused-ring (bicyclic) bond motifs is 1. The average Bonchev–Trinajstić information content (AvgIpc) is 3.26. The Bertz CT molecular complexity index is 909. The molecule has 1 aliphatic rings. The molecule has 0 unspecified atom stereocenters. The zero-order valence-corrected chi connectivity index (χ0v) is 14.8. The monoisotopic (exact) mass is 354 g/mol. The van der Waals surface area contributed by atoms with Gasteiger partial charge in [0.15, 0.2) is 11.5 Å². The van der Waals surface area contributed by atoms with E-state index in [4.69, 9.17) is 4.74 Å². The highest BCUT2D eigenvalue weighted by Crippen LogP contribution is 2.21. The Morgan fingerprint density at radius 1 is 1.31 bits per heavy atom. The summed E-state index contributed by atoms with van der Waals surface area (Å²) in [5.74, 6) is 0.503. The van der Waals surface area contributed by atoms with Crippen molar-refractivity contribution in [2.75, 3.05) is 39.4 Å². The third-order valence-electron chi connectivity index (χ3n) is 4.51. The number of nitrogens with zero attached hydrogens (tertiary/aromatic N) is 5. The Balaban J connectivity index is 1.53. The molecule has 0 atom stereocenters. The van der Waals surface area contributed by atoms with Crippen molar-refractivity contribution in [1.82, 2.24) is 29.2 Å². The number of carbonyl (C=O) groups is 1. The van der Waals surface area contributed by atoms with Gasteiger partial charge in [-0.25, -0.2) is 9.97 Å². The largest absolute Gasteiger partial charge is 0.379 e. The van der Waals surface area contributed by atoms with Crippen LogP contribution in [-0.4, -0.2) is 69.1 Å². The van der Waals surface area contributed by atoms with Crippen molar-refractivity contribution in [3.05, 3.63) is 42.6 Å². The van der Waals surface area contributed by atoms with Crippen LogP contribution in [0, 0.1) is 0 Å². The van der Waals surface area contributed by atoms with Gasteiger partial charge in [0.25, 0.3) is 5.91 Å². The van der Waals surface area contributed by atoms with E-state index < -0.39 is 0 Å². The van der Waals surface area contributed by atoms with E-state index in [-0.39, 0.29) is 5.91 Å². The number of nitrogens with one attached hydrogen (secondary N) is 1. The molecule has 0 saturated carbocycles. The van der Waals surface area contributed by atoms with Crippen molar-refractivity contribution < 1.29 is 9.53 Å². The molecular formula is C18H22N6O2. The van der Waals surface area contributed by atoms with Crippen molar-refractivity contribution in [3.8, 4) is 11.5 Å². The number of aryl methyl sites for hydroxylation is 1. The van der Waals surface area contributed by atoms with E-state index in [1.54, 1.807) is 6.33 Å². The molecule has 3 aromatic rings. The summed E-state index contributed by atoms with van der Waals surface area (Å²) in [6, 6.07) is 5.72. The van der Waals surface area contributed by atoms with E-state index in [2.05, 4.69) is 20.2 Å². The molecule has 4 heterocycles. The Morgan fingerprint density at radius 2 is 2.15 bits per heavy atom. The zero-order valence-electron chi connectivity index (χ0n) is 14.8. The Hall–Kier alpha value is -2.71. The van der Waals surface area contributed by atoms with Crippen molar-refractivity contribution in [2.45, 2.75) is 0 Å². The van der Waals surface area contributed by atoms with Crippen LogP contribution in [0.3, 0.4) is 0 Å². The van der Waals surface area contributed by atoms with E-state index in [0.29, 0.717) is 18.1 Å². The smallest absolute Gasteiger partial charge is 0.272 e. The van der Waals surface area contributed by atoms with Gasteiger partial charge in [-0.1, -0.05) is 6.07 Å². The van der Waals surface area contributed by atoms with Crippen LogP contribution in [0.4, 0.5) is 0 Å². The summed E-state index contributed by atoms with van der Waals surface area (Å²) < 4.78 is 9.11. The Labute approximate surface area is 151 Å². The van der Waals surface area contributed by atoms with Crippen LogP contribution < -0.4 is 5.32 Å². The number of ether oxygens (including phenoxy) is 1. The quantitative estimate of drug-likeness (QED) is 0.733. The lowest BCUT2D eigenvalue weighted by molar-refractivity contribution is 0.0383. The number of pyridine rings is 1. The maximum atomic E-state index is 12.7. The third kappa shape index (κ3) is 3.33. The van der Waals surface area contributed by atoms with Crippen LogP contribution >= 0.6 is 0 Å². The number of hydrogen-bond donors (Lipinski definition) is 1. The molecule has 0 bridgehead atoms. The summed E-state index contributed by atoms with van der Waals surface area (Å²) in [6.07, 6.45) is 5.51. The standard InChI is InChI=1S/C18H22N6O2/c1-22-12-14(20-13-22)17-21-16(15-4-2-3-6-24(15)17)18(25)19-5-7-23-8-10-26-11-9-23/h2-4,6,12-13H,5,7-11H2,1H3,(H,19,25). The Kier molecular flexibility index (Phi) is 4.68. The van der Waals surface area contributed by atoms with Gasteiger partial charge in [-0.15, -0.1) is 0 Å². The number of aromatic nitrogens is 4. The van der Waals surface area contributed by atoms with Crippen molar-refractivity contribution in [3.63, 3.8) is 0 Å². The number of amides is 1. The third-order valence-corrected chi connectivity index (χ3v) is 4.51. The van der Waals surface area contributed by atoms with Gasteiger partial charge >= 0.3 is 0 Å². The summed E-state index contributed by atoms with van der Waals surface area (Å²) in [6.45, 7) is 4.73. The second-order valence-electron chi connectivity index (χ2n) is 6.37. The molecule has 0 aromatic carbocycles. The maximum absolute atomic E-state index is 12.7. The van der Waals surface area contributed by atoms with E-state index in [1.165, 1.54) is 0 Å². The molecule has 26 heavy (non-hydrogen) atoms. The first-order valence-corrected chi connectivity index (χ1v) is 8.76. The minimum Gasteiger partial charge on any atom is -0.379 e. The van der Waals surface area contributed by atoms with Crippen LogP contribution in [0.5, 0.6) is 0 Å². The fourth-order valence-electron chi connectivity index (χ4n) is 3.15. The molecule has 0 aliphatic carbocycles. The van der Waals surface area contributed by atoms with Gasteiger partial charge in [0.05, 0.1) is 25.1 Å². The zero-order chi connectivity index (χ0) is 17.9. The van der Waals surface area contributed by atoms with E-state index >= 15 is 0 Å². The molecule has 1 aliphatic heterocycles. The summed E-state index contributed by atoms with van der Waals surface area (Å²) >= 11 is 0. The molecule has 4 rings (SSSR count). The van der Waals surface area contributed by atoms with Crippen molar-refractivity contribution in [2.24, 2.45) is 7.05 Å². The molecule has 3 aromatic heterocycles. The predicted octanol–water partition coefficient (Wildman–Crippen LogP) is 0.797. The van der Waals surface area contributed by atoms with Gasteiger partial charge in [-0.3, -0.25) is 14.1 Å². The molecule has 1 fully saturated rings. The maximum Gasteiger partial charge on any atom is 0.272 e. The first kappa shape index (κ1) is 16.7. The van der Waals surface area contributed by atoms with Crippen LogP contribution in [0.15, 0.2) is 36.9 Å². The van der Waals surface area contributed by atoms with Crippen molar-refractivity contribution >= 4 is 11.4 Å². The SMILES string of the molecule is Cn1cnc(-c2nc(C(=O)NCCN3CCOCC3)c3ccccn23)c1. The van der Waals surface area contributed by atoms with Crippen LogP contribution in [0.1, 0.15) is 10.5 Å². The highest BCUT2D eigenvalue weighted by Gasteiger charge is 2.19. The molecule has 0 spiro atoms. The molecule has 1 saturated heterocycles. The normalized spacial score (nSPS) is 15.4. The van der Waals surface area contributed by atoms with E-state index in [1.807, 2.05) is 46.6 Å². The lowest BCUT2D eigenvalue weighted by atomic mass is 10.3. The van der Waals surface area contributed by atoms with Crippen LogP contribution in [0.2, 0.25) is 0 Å². The second-order valence-corrected chi connectivity index (χ2v) is 6.37. The number of morpholine rings is 1. The molecule has 8 heteroatoms. The van der Waals surface area contributed by atoms with Gasteiger partial charge in [-0.2, -0.15) is 0 Å². The summed E-state index contributed by atoms with van der Waals surface area (Å²) in [7, 11) is 1.91.